The fraction of sp³-hybridized carbons (Fsp3) is 0.667. The van der Waals surface area contributed by atoms with Gasteiger partial charge in [0, 0.05) is 32.7 Å². The molecule has 0 aromatic heterocycles. The van der Waals surface area contributed by atoms with Crippen LogP contribution in [0.25, 0.3) is 0 Å². The van der Waals surface area contributed by atoms with E-state index in [1.807, 2.05) is 0 Å². The van der Waals surface area contributed by atoms with Crippen LogP contribution in [0.15, 0.2) is 24.3 Å². The standard InChI is InChI=1S/C18H29N3/c1-20-10-12-21(13-11-20)15-18-5-3-2-4-17(18)14-16-6-8-19-9-7-16/h2-5,16,19H,6-15H2,1H3. The molecule has 1 N–H and O–H groups in total. The van der Waals surface area contributed by atoms with Crippen molar-refractivity contribution in [3.8, 4) is 0 Å². The average Bonchev–Trinajstić information content (AvgIpc) is 2.52. The van der Waals surface area contributed by atoms with Gasteiger partial charge in [-0.05, 0) is 56.4 Å². The Hall–Kier alpha value is -0.900. The summed E-state index contributed by atoms with van der Waals surface area (Å²) in [5.74, 6) is 0.875. The molecule has 21 heavy (non-hydrogen) atoms. The highest BCUT2D eigenvalue weighted by atomic mass is 15.2. The highest BCUT2D eigenvalue weighted by Crippen LogP contribution is 2.21. The Kier molecular flexibility index (Phi) is 5.28. The molecule has 116 valence electrons. The van der Waals surface area contributed by atoms with Crippen LogP contribution in [0.1, 0.15) is 24.0 Å². The molecule has 0 radical (unpaired) electrons. The maximum absolute atomic E-state index is 3.47. The predicted octanol–water partition coefficient (Wildman–Crippen LogP) is 1.98. The van der Waals surface area contributed by atoms with Gasteiger partial charge in [-0.2, -0.15) is 0 Å². The number of likely N-dealkylation sites (N-methyl/N-ethyl adjacent to an activating group) is 1. The molecule has 2 aliphatic rings. The fourth-order valence-electron chi connectivity index (χ4n) is 3.55. The topological polar surface area (TPSA) is 18.5 Å². The molecule has 0 atom stereocenters. The van der Waals surface area contributed by atoms with Gasteiger partial charge in [-0.1, -0.05) is 24.3 Å². The smallest absolute Gasteiger partial charge is 0.0237 e. The zero-order valence-electron chi connectivity index (χ0n) is 13.4. The van der Waals surface area contributed by atoms with Crippen LogP contribution < -0.4 is 5.32 Å². The van der Waals surface area contributed by atoms with Gasteiger partial charge in [0.05, 0.1) is 0 Å². The van der Waals surface area contributed by atoms with E-state index in [2.05, 4.69) is 46.4 Å². The van der Waals surface area contributed by atoms with E-state index in [0.29, 0.717) is 0 Å². The Labute approximate surface area is 129 Å². The Balaban J connectivity index is 1.61. The third-order valence-corrected chi connectivity index (χ3v) is 5.08. The van der Waals surface area contributed by atoms with E-state index in [1.54, 1.807) is 11.1 Å². The molecule has 2 aliphatic heterocycles. The molecule has 1 aromatic carbocycles. The van der Waals surface area contributed by atoms with E-state index in [0.717, 1.165) is 12.5 Å². The quantitative estimate of drug-likeness (QED) is 0.913. The summed E-state index contributed by atoms with van der Waals surface area (Å²) in [6, 6.07) is 9.11. The molecular formula is C18H29N3. The molecular weight excluding hydrogens is 258 g/mol. The van der Waals surface area contributed by atoms with Crippen LogP contribution in [0.2, 0.25) is 0 Å². The number of hydrogen-bond acceptors (Lipinski definition) is 3. The summed E-state index contributed by atoms with van der Waals surface area (Å²) in [7, 11) is 2.22. The molecule has 0 aliphatic carbocycles. The molecule has 3 nitrogen and oxygen atoms in total. The van der Waals surface area contributed by atoms with Crippen molar-refractivity contribution in [2.75, 3.05) is 46.3 Å². The summed E-state index contributed by atoms with van der Waals surface area (Å²) < 4.78 is 0. The average molecular weight is 287 g/mol. The van der Waals surface area contributed by atoms with Crippen LogP contribution in [0.4, 0.5) is 0 Å². The lowest BCUT2D eigenvalue weighted by Gasteiger charge is -2.33. The van der Waals surface area contributed by atoms with E-state index >= 15 is 0 Å². The first kappa shape index (κ1) is 15.0. The van der Waals surface area contributed by atoms with Crippen molar-refractivity contribution in [3.63, 3.8) is 0 Å². The van der Waals surface area contributed by atoms with Gasteiger partial charge in [0.15, 0.2) is 0 Å². The summed E-state index contributed by atoms with van der Waals surface area (Å²) in [6.45, 7) is 8.36. The van der Waals surface area contributed by atoms with Crippen molar-refractivity contribution in [1.82, 2.24) is 15.1 Å². The lowest BCUT2D eigenvalue weighted by atomic mass is 9.89. The number of rotatable bonds is 4. The molecule has 0 saturated carbocycles. The monoisotopic (exact) mass is 287 g/mol. The van der Waals surface area contributed by atoms with Crippen molar-refractivity contribution < 1.29 is 0 Å². The van der Waals surface area contributed by atoms with Gasteiger partial charge >= 0.3 is 0 Å². The largest absolute Gasteiger partial charge is 0.317 e. The number of hydrogen-bond donors (Lipinski definition) is 1. The number of piperidine rings is 1. The number of piperazine rings is 1. The Bertz CT molecular complexity index is 432. The van der Waals surface area contributed by atoms with E-state index in [-0.39, 0.29) is 0 Å². The Morgan fingerprint density at radius 1 is 1.00 bits per heavy atom. The summed E-state index contributed by atoms with van der Waals surface area (Å²) in [5.41, 5.74) is 3.14. The molecule has 0 unspecified atom stereocenters. The van der Waals surface area contributed by atoms with Crippen LogP contribution in [0.5, 0.6) is 0 Å². The summed E-state index contributed by atoms with van der Waals surface area (Å²) in [6.07, 6.45) is 3.94. The predicted molar refractivity (Wildman–Crippen MR) is 88.5 cm³/mol. The van der Waals surface area contributed by atoms with Gasteiger partial charge in [0.1, 0.15) is 0 Å². The Morgan fingerprint density at radius 2 is 1.67 bits per heavy atom. The second kappa shape index (κ2) is 7.39. The normalized spacial score (nSPS) is 22.5. The van der Waals surface area contributed by atoms with Crippen molar-refractivity contribution in [3.05, 3.63) is 35.4 Å². The molecule has 3 heteroatoms. The molecule has 0 spiro atoms. The number of nitrogens with zero attached hydrogens (tertiary/aromatic N) is 2. The van der Waals surface area contributed by atoms with Crippen molar-refractivity contribution in [1.29, 1.82) is 0 Å². The van der Waals surface area contributed by atoms with E-state index in [1.165, 1.54) is 58.5 Å². The molecule has 3 rings (SSSR count). The SMILES string of the molecule is CN1CCN(Cc2ccccc2CC2CCNCC2)CC1. The maximum Gasteiger partial charge on any atom is 0.0237 e. The van der Waals surface area contributed by atoms with Gasteiger partial charge in [-0.3, -0.25) is 4.90 Å². The lowest BCUT2D eigenvalue weighted by Crippen LogP contribution is -2.44. The minimum absolute atomic E-state index is 0.875. The third-order valence-electron chi connectivity index (χ3n) is 5.08. The van der Waals surface area contributed by atoms with Gasteiger partial charge in [0.2, 0.25) is 0 Å². The molecule has 2 saturated heterocycles. The zero-order chi connectivity index (χ0) is 14.5. The molecule has 2 fully saturated rings. The number of nitrogens with one attached hydrogen (secondary N) is 1. The van der Waals surface area contributed by atoms with E-state index in [4.69, 9.17) is 0 Å². The molecule has 2 heterocycles. The van der Waals surface area contributed by atoms with Crippen molar-refractivity contribution >= 4 is 0 Å². The first-order valence-electron chi connectivity index (χ1n) is 8.49. The maximum atomic E-state index is 3.47. The summed E-state index contributed by atoms with van der Waals surface area (Å²) >= 11 is 0. The van der Waals surface area contributed by atoms with E-state index < -0.39 is 0 Å². The fourth-order valence-corrected chi connectivity index (χ4v) is 3.55. The number of benzene rings is 1. The first-order valence-corrected chi connectivity index (χ1v) is 8.49. The van der Waals surface area contributed by atoms with Crippen LogP contribution in [0, 0.1) is 5.92 Å². The van der Waals surface area contributed by atoms with Crippen LogP contribution >= 0.6 is 0 Å². The van der Waals surface area contributed by atoms with Gasteiger partial charge in [-0.25, -0.2) is 0 Å². The lowest BCUT2D eigenvalue weighted by molar-refractivity contribution is 0.148. The van der Waals surface area contributed by atoms with Gasteiger partial charge in [0.25, 0.3) is 0 Å². The highest BCUT2D eigenvalue weighted by molar-refractivity contribution is 5.27. The molecule has 0 amide bonds. The van der Waals surface area contributed by atoms with Crippen LogP contribution in [-0.4, -0.2) is 56.1 Å². The molecule has 1 aromatic rings. The second-order valence-corrected chi connectivity index (χ2v) is 6.75. The van der Waals surface area contributed by atoms with Crippen LogP contribution in [-0.2, 0) is 13.0 Å². The summed E-state index contributed by atoms with van der Waals surface area (Å²) in [5, 5.41) is 3.47. The van der Waals surface area contributed by atoms with Crippen LogP contribution in [0.3, 0.4) is 0 Å². The van der Waals surface area contributed by atoms with Gasteiger partial charge < -0.3 is 10.2 Å². The van der Waals surface area contributed by atoms with E-state index in [9.17, 15) is 0 Å². The first-order chi connectivity index (χ1) is 10.3. The zero-order valence-corrected chi connectivity index (χ0v) is 13.4. The third kappa shape index (κ3) is 4.29. The summed E-state index contributed by atoms with van der Waals surface area (Å²) in [4.78, 5) is 5.04. The van der Waals surface area contributed by atoms with Crippen molar-refractivity contribution in [2.24, 2.45) is 5.92 Å². The minimum atomic E-state index is 0.875. The molecule has 0 bridgehead atoms. The Morgan fingerprint density at radius 3 is 2.38 bits per heavy atom. The highest BCUT2D eigenvalue weighted by Gasteiger charge is 2.18. The second-order valence-electron chi connectivity index (χ2n) is 6.75. The van der Waals surface area contributed by atoms with Crippen molar-refractivity contribution in [2.45, 2.75) is 25.8 Å². The minimum Gasteiger partial charge on any atom is -0.317 e. The van der Waals surface area contributed by atoms with Gasteiger partial charge in [-0.15, -0.1) is 0 Å².